The quantitative estimate of drug-likeness (QED) is 0.822. The lowest BCUT2D eigenvalue weighted by Gasteiger charge is -2.23. The molecule has 2 N–H and O–H groups in total. The van der Waals surface area contributed by atoms with Gasteiger partial charge >= 0.3 is 0 Å². The molecule has 2 rings (SSSR count). The molecule has 0 unspecified atom stereocenters. The third-order valence-corrected chi connectivity index (χ3v) is 2.84. The fraction of sp³-hybridized carbons (Fsp3) is 0.417. The molecule has 0 aromatic carbocycles. The monoisotopic (exact) mass is 266 g/mol. The maximum atomic E-state index is 12.8. The lowest BCUT2D eigenvalue weighted by Crippen LogP contribution is -2.31. The Morgan fingerprint density at radius 2 is 2.00 bits per heavy atom. The second kappa shape index (κ2) is 5.41. The topological polar surface area (TPSA) is 84.1 Å². The summed E-state index contributed by atoms with van der Waals surface area (Å²) in [5, 5.41) is 26.3. The number of rotatable bonds is 5. The molecule has 19 heavy (non-hydrogen) atoms. The molecule has 0 aliphatic heterocycles. The van der Waals surface area contributed by atoms with Gasteiger partial charge in [-0.2, -0.15) is 0 Å². The number of nitrogens with zero attached hydrogens (tertiary/aromatic N) is 4. The normalized spacial score (nSPS) is 11.8. The van der Waals surface area contributed by atoms with Crippen molar-refractivity contribution in [1.29, 1.82) is 0 Å². The summed E-state index contributed by atoms with van der Waals surface area (Å²) in [4.78, 5) is 3.91. The summed E-state index contributed by atoms with van der Waals surface area (Å²) in [7, 11) is 0. The highest BCUT2D eigenvalue weighted by Crippen LogP contribution is 2.19. The molecule has 0 fully saturated rings. The van der Waals surface area contributed by atoms with E-state index in [-0.39, 0.29) is 13.2 Å². The molecular weight excluding hydrogens is 251 g/mol. The van der Waals surface area contributed by atoms with E-state index in [0.29, 0.717) is 17.9 Å². The lowest BCUT2D eigenvalue weighted by molar-refractivity contribution is 0.0519. The number of halogens is 1. The van der Waals surface area contributed by atoms with Gasteiger partial charge in [-0.3, -0.25) is 9.67 Å². The van der Waals surface area contributed by atoms with Gasteiger partial charge in [0, 0.05) is 5.41 Å². The number of pyridine rings is 1. The number of hydrogen-bond donors (Lipinski definition) is 2. The van der Waals surface area contributed by atoms with Crippen LogP contribution in [-0.2, 0) is 6.54 Å². The van der Waals surface area contributed by atoms with Crippen LogP contribution in [0.5, 0.6) is 0 Å². The summed E-state index contributed by atoms with van der Waals surface area (Å²) in [6.07, 6.45) is 2.75. The molecule has 102 valence electrons. The molecule has 0 radical (unpaired) electrons. The predicted molar refractivity (Wildman–Crippen MR) is 65.5 cm³/mol. The Labute approximate surface area is 109 Å². The molecule has 0 aliphatic carbocycles. The minimum Gasteiger partial charge on any atom is -0.396 e. The second-order valence-electron chi connectivity index (χ2n) is 4.79. The van der Waals surface area contributed by atoms with Gasteiger partial charge in [0.05, 0.1) is 37.8 Å². The minimum atomic E-state index is -0.665. The van der Waals surface area contributed by atoms with Gasteiger partial charge < -0.3 is 10.2 Å². The Bertz CT molecular complexity index is 537. The van der Waals surface area contributed by atoms with E-state index in [0.717, 1.165) is 6.20 Å². The zero-order valence-corrected chi connectivity index (χ0v) is 10.5. The molecule has 2 aromatic heterocycles. The van der Waals surface area contributed by atoms with Gasteiger partial charge in [0.15, 0.2) is 0 Å². The number of aliphatic hydroxyl groups excluding tert-OH is 2. The van der Waals surface area contributed by atoms with E-state index in [2.05, 4.69) is 15.3 Å². The van der Waals surface area contributed by atoms with Crippen molar-refractivity contribution in [3.05, 3.63) is 30.3 Å². The Morgan fingerprint density at radius 1 is 1.26 bits per heavy atom. The van der Waals surface area contributed by atoms with Crippen molar-refractivity contribution in [1.82, 2.24) is 20.0 Å². The van der Waals surface area contributed by atoms with Gasteiger partial charge in [-0.15, -0.1) is 5.10 Å². The van der Waals surface area contributed by atoms with Crippen molar-refractivity contribution in [2.45, 2.75) is 13.5 Å². The number of aliphatic hydroxyl groups is 2. The third-order valence-electron chi connectivity index (χ3n) is 2.84. The maximum Gasteiger partial charge on any atom is 0.141 e. The first kappa shape index (κ1) is 13.6. The molecule has 2 aromatic rings. The summed E-state index contributed by atoms with van der Waals surface area (Å²) in [5.41, 5.74) is 0.363. The molecule has 0 bridgehead atoms. The van der Waals surface area contributed by atoms with Crippen LogP contribution >= 0.6 is 0 Å². The summed E-state index contributed by atoms with van der Waals surface area (Å²) >= 11 is 0. The van der Waals surface area contributed by atoms with Crippen LogP contribution in [0.1, 0.15) is 6.92 Å². The van der Waals surface area contributed by atoms with Gasteiger partial charge in [0.25, 0.3) is 0 Å². The SMILES string of the molecule is CC(CO)(CO)Cn1cc(-c2ccc(F)cn2)nn1. The summed E-state index contributed by atoms with van der Waals surface area (Å²) in [6, 6.07) is 2.81. The smallest absolute Gasteiger partial charge is 0.141 e. The van der Waals surface area contributed by atoms with Crippen LogP contribution in [0.4, 0.5) is 4.39 Å². The van der Waals surface area contributed by atoms with Crippen LogP contribution in [0, 0.1) is 11.2 Å². The van der Waals surface area contributed by atoms with E-state index in [9.17, 15) is 14.6 Å². The van der Waals surface area contributed by atoms with Crippen LogP contribution in [0.3, 0.4) is 0 Å². The van der Waals surface area contributed by atoms with Crippen LogP contribution in [0.15, 0.2) is 24.5 Å². The van der Waals surface area contributed by atoms with Gasteiger partial charge in [0.1, 0.15) is 11.5 Å². The Kier molecular flexibility index (Phi) is 3.87. The highest BCUT2D eigenvalue weighted by Gasteiger charge is 2.24. The average Bonchev–Trinajstić information content (AvgIpc) is 2.87. The van der Waals surface area contributed by atoms with Crippen LogP contribution in [-0.4, -0.2) is 43.4 Å². The van der Waals surface area contributed by atoms with Crippen molar-refractivity contribution in [2.24, 2.45) is 5.41 Å². The molecule has 2 heterocycles. The van der Waals surface area contributed by atoms with Crippen molar-refractivity contribution in [2.75, 3.05) is 13.2 Å². The van der Waals surface area contributed by atoms with Crippen molar-refractivity contribution >= 4 is 0 Å². The van der Waals surface area contributed by atoms with Gasteiger partial charge in [0.2, 0.25) is 0 Å². The zero-order valence-electron chi connectivity index (χ0n) is 10.5. The fourth-order valence-corrected chi connectivity index (χ4v) is 1.56. The van der Waals surface area contributed by atoms with E-state index in [4.69, 9.17) is 0 Å². The van der Waals surface area contributed by atoms with Crippen LogP contribution in [0.25, 0.3) is 11.4 Å². The first-order valence-corrected chi connectivity index (χ1v) is 5.80. The van der Waals surface area contributed by atoms with Crippen molar-refractivity contribution in [3.63, 3.8) is 0 Å². The number of aromatic nitrogens is 4. The molecule has 0 saturated heterocycles. The lowest BCUT2D eigenvalue weighted by atomic mass is 9.93. The summed E-state index contributed by atoms with van der Waals surface area (Å²) < 4.78 is 14.3. The van der Waals surface area contributed by atoms with Crippen LogP contribution < -0.4 is 0 Å². The minimum absolute atomic E-state index is 0.159. The van der Waals surface area contributed by atoms with Crippen molar-refractivity contribution < 1.29 is 14.6 Å². The average molecular weight is 266 g/mol. The van der Waals surface area contributed by atoms with E-state index in [1.165, 1.54) is 16.8 Å². The van der Waals surface area contributed by atoms with Gasteiger partial charge in [-0.1, -0.05) is 12.1 Å². The third kappa shape index (κ3) is 3.12. The molecular formula is C12H15FN4O2. The van der Waals surface area contributed by atoms with Crippen LogP contribution in [0.2, 0.25) is 0 Å². The van der Waals surface area contributed by atoms with E-state index in [1.54, 1.807) is 13.1 Å². The molecule has 6 nitrogen and oxygen atoms in total. The molecule has 0 aliphatic rings. The predicted octanol–water partition coefficient (Wildman–Crippen LogP) is 0.470. The standard InChI is InChI=1S/C12H15FN4O2/c1-12(7-18,8-19)6-17-5-11(15-16-17)10-3-2-9(13)4-14-10/h2-5,18-19H,6-8H2,1H3. The van der Waals surface area contributed by atoms with E-state index in [1.807, 2.05) is 0 Å². The summed E-state index contributed by atoms with van der Waals surface area (Å²) in [6.45, 7) is 1.75. The zero-order chi connectivity index (χ0) is 13.9. The number of hydrogen-bond acceptors (Lipinski definition) is 5. The van der Waals surface area contributed by atoms with Crippen molar-refractivity contribution in [3.8, 4) is 11.4 Å². The Balaban J connectivity index is 2.17. The maximum absolute atomic E-state index is 12.8. The highest BCUT2D eigenvalue weighted by molar-refractivity contribution is 5.51. The second-order valence-corrected chi connectivity index (χ2v) is 4.79. The molecule has 0 saturated carbocycles. The molecule has 0 spiro atoms. The first-order chi connectivity index (χ1) is 9.06. The fourth-order valence-electron chi connectivity index (χ4n) is 1.56. The molecule has 0 amide bonds. The Morgan fingerprint density at radius 3 is 2.58 bits per heavy atom. The first-order valence-electron chi connectivity index (χ1n) is 5.80. The largest absolute Gasteiger partial charge is 0.396 e. The van der Waals surface area contributed by atoms with Gasteiger partial charge in [-0.25, -0.2) is 4.39 Å². The Hall–Kier alpha value is -1.86. The molecule has 7 heteroatoms. The van der Waals surface area contributed by atoms with E-state index >= 15 is 0 Å². The van der Waals surface area contributed by atoms with E-state index < -0.39 is 11.2 Å². The molecule has 0 atom stereocenters. The summed E-state index contributed by atoms with van der Waals surface area (Å²) in [5.74, 6) is -0.413. The van der Waals surface area contributed by atoms with Gasteiger partial charge in [-0.05, 0) is 12.1 Å². The highest BCUT2D eigenvalue weighted by atomic mass is 19.1.